The first-order valence-corrected chi connectivity index (χ1v) is 15.0. The predicted molar refractivity (Wildman–Crippen MR) is 149 cm³/mol. The highest BCUT2D eigenvalue weighted by atomic mass is 35.5. The number of hydrogen-bond acceptors (Lipinski definition) is 8. The number of hydrogen-bond donors (Lipinski definition) is 3. The van der Waals surface area contributed by atoms with Crippen molar-refractivity contribution in [3.8, 4) is 11.1 Å². The summed E-state index contributed by atoms with van der Waals surface area (Å²) in [7, 11) is -9.16. The molecule has 0 aliphatic rings. The van der Waals surface area contributed by atoms with Crippen molar-refractivity contribution in [2.45, 2.75) is 29.2 Å². The van der Waals surface area contributed by atoms with Crippen molar-refractivity contribution in [1.29, 1.82) is 0 Å². The first kappa shape index (κ1) is 28.7. The molecule has 4 rings (SSSR count). The third-order valence-electron chi connectivity index (χ3n) is 5.74. The molecule has 204 valence electrons. The Balaban J connectivity index is 1.51. The number of rotatable bonds is 9. The summed E-state index contributed by atoms with van der Waals surface area (Å²) in [5.41, 5.74) is 15.4. The highest BCUT2D eigenvalue weighted by Crippen LogP contribution is 2.33. The number of aryl methyl sites for hydroxylation is 2. The van der Waals surface area contributed by atoms with Crippen LogP contribution in [0.25, 0.3) is 11.1 Å². The molecular weight excluding hydrogens is 588 g/mol. The Morgan fingerprint density at radius 3 is 2.21 bits per heavy atom. The van der Waals surface area contributed by atoms with Crippen molar-refractivity contribution in [1.82, 2.24) is 14.7 Å². The minimum absolute atomic E-state index is 0.0269. The molecule has 0 saturated heterocycles. The molecule has 0 fully saturated rings. The van der Waals surface area contributed by atoms with Crippen LogP contribution in [-0.2, 0) is 39.6 Å². The molecule has 0 spiro atoms. The van der Waals surface area contributed by atoms with E-state index in [4.69, 9.17) is 34.7 Å². The fourth-order valence-electron chi connectivity index (χ4n) is 3.91. The van der Waals surface area contributed by atoms with Gasteiger partial charge < -0.3 is 11.5 Å². The van der Waals surface area contributed by atoms with Gasteiger partial charge in [0.15, 0.2) is 0 Å². The fraction of sp³-hybridized carbons (Fsp3) is 0.120. The van der Waals surface area contributed by atoms with Crippen molar-refractivity contribution < 1.29 is 20.7 Å². The third-order valence-corrected chi connectivity index (χ3v) is 8.70. The maximum Gasteiger partial charge on any atom is 0.332 e. The maximum atomic E-state index is 13.3. The van der Waals surface area contributed by atoms with Crippen molar-refractivity contribution >= 4 is 55.2 Å². The SMILES string of the molecule is Nc1nc(N)c(-c2ccc(Cl)c(Cl)c2)c(CCc2cccc(CNS(=O)(=O)c3cccc(S(=O)(=O)F)c3)c2)n1. The number of nitrogens with two attached hydrogens (primary N) is 2. The third kappa shape index (κ3) is 7.02. The van der Waals surface area contributed by atoms with Crippen LogP contribution in [0, 0.1) is 0 Å². The van der Waals surface area contributed by atoms with E-state index in [0.717, 1.165) is 23.8 Å². The molecule has 39 heavy (non-hydrogen) atoms. The van der Waals surface area contributed by atoms with Gasteiger partial charge in [-0.15, -0.1) is 3.89 Å². The lowest BCUT2D eigenvalue weighted by Gasteiger charge is -2.13. The second-order valence-corrected chi connectivity index (χ2v) is 12.4. The highest BCUT2D eigenvalue weighted by Gasteiger charge is 2.19. The molecule has 5 N–H and O–H groups in total. The second kappa shape index (κ2) is 11.4. The molecule has 0 atom stereocenters. The standard InChI is InChI=1S/C25H22Cl2FN5O4S2/c26-20-9-8-17(12-21(20)27)23-22(32-25(30)33-24(23)29)10-7-15-3-1-4-16(11-15)14-31-39(36,37)19-6-2-5-18(13-19)38(28,34)35/h1-6,8-9,11-13,31H,7,10,14H2,(H4,29,30,32,33). The Bertz CT molecular complexity index is 1770. The van der Waals surface area contributed by atoms with Crippen LogP contribution in [0.5, 0.6) is 0 Å². The number of halogens is 3. The lowest BCUT2D eigenvalue weighted by molar-refractivity contribution is 0.551. The van der Waals surface area contributed by atoms with Crippen molar-refractivity contribution in [2.75, 3.05) is 11.5 Å². The molecule has 9 nitrogen and oxygen atoms in total. The number of nitrogen functional groups attached to an aromatic ring is 2. The smallest absolute Gasteiger partial charge is 0.332 e. The van der Waals surface area contributed by atoms with Crippen LogP contribution < -0.4 is 16.2 Å². The van der Waals surface area contributed by atoms with E-state index in [1.807, 2.05) is 12.1 Å². The molecule has 0 saturated carbocycles. The van der Waals surface area contributed by atoms with Crippen LogP contribution in [0.1, 0.15) is 16.8 Å². The van der Waals surface area contributed by atoms with E-state index >= 15 is 0 Å². The molecular formula is C25H22Cl2FN5O4S2. The lowest BCUT2D eigenvalue weighted by Crippen LogP contribution is -2.23. The first-order valence-electron chi connectivity index (χ1n) is 11.3. The average Bonchev–Trinajstić information content (AvgIpc) is 2.88. The molecule has 0 aliphatic carbocycles. The molecule has 0 unspecified atom stereocenters. The van der Waals surface area contributed by atoms with Gasteiger partial charge in [-0.2, -0.15) is 13.4 Å². The predicted octanol–water partition coefficient (Wildman–Crippen LogP) is 4.54. The summed E-state index contributed by atoms with van der Waals surface area (Å²) in [6.45, 7) is -0.0787. The van der Waals surface area contributed by atoms with Crippen molar-refractivity contribution in [3.63, 3.8) is 0 Å². The second-order valence-electron chi connectivity index (χ2n) is 8.47. The quantitative estimate of drug-likeness (QED) is 0.233. The van der Waals surface area contributed by atoms with Gasteiger partial charge in [-0.05, 0) is 59.9 Å². The Hall–Kier alpha value is -3.29. The first-order chi connectivity index (χ1) is 18.3. The summed E-state index contributed by atoms with van der Waals surface area (Å²) in [6.07, 6.45) is 0.952. The summed E-state index contributed by atoms with van der Waals surface area (Å²) in [5.74, 6) is 0.225. The molecule has 0 bridgehead atoms. The normalized spacial score (nSPS) is 12.0. The summed E-state index contributed by atoms with van der Waals surface area (Å²) in [4.78, 5) is 7.34. The molecule has 3 aromatic carbocycles. The Morgan fingerprint density at radius 2 is 1.49 bits per heavy atom. The van der Waals surface area contributed by atoms with E-state index in [1.54, 1.807) is 30.3 Å². The molecule has 0 radical (unpaired) electrons. The molecule has 1 heterocycles. The molecule has 0 aliphatic heterocycles. The minimum atomic E-state index is -5.05. The number of benzene rings is 3. The Morgan fingerprint density at radius 1 is 0.795 bits per heavy atom. The van der Waals surface area contributed by atoms with Gasteiger partial charge in [-0.3, -0.25) is 0 Å². The van der Waals surface area contributed by atoms with Crippen LogP contribution in [0.3, 0.4) is 0 Å². The molecule has 4 aromatic rings. The van der Waals surface area contributed by atoms with Gasteiger partial charge in [0.1, 0.15) is 5.82 Å². The lowest BCUT2D eigenvalue weighted by atomic mass is 9.99. The highest BCUT2D eigenvalue weighted by molar-refractivity contribution is 7.89. The molecule has 1 aromatic heterocycles. The van der Waals surface area contributed by atoms with Crippen LogP contribution >= 0.6 is 23.2 Å². The Kier molecular flexibility index (Phi) is 8.42. The zero-order valence-corrected chi connectivity index (χ0v) is 23.2. The zero-order chi connectivity index (χ0) is 28.4. The van der Waals surface area contributed by atoms with E-state index in [9.17, 15) is 20.7 Å². The number of sulfonamides is 1. The molecule has 0 amide bonds. The van der Waals surface area contributed by atoms with E-state index < -0.39 is 25.1 Å². The van der Waals surface area contributed by atoms with Gasteiger partial charge in [-0.25, -0.2) is 18.1 Å². The van der Waals surface area contributed by atoms with Gasteiger partial charge in [0.2, 0.25) is 16.0 Å². The minimum Gasteiger partial charge on any atom is -0.383 e. The number of nitrogens with zero attached hydrogens (tertiary/aromatic N) is 2. The van der Waals surface area contributed by atoms with Gasteiger partial charge in [0, 0.05) is 12.1 Å². The number of nitrogens with one attached hydrogen (secondary N) is 1. The van der Waals surface area contributed by atoms with Crippen LogP contribution in [0.15, 0.2) is 76.5 Å². The van der Waals surface area contributed by atoms with Crippen LogP contribution in [-0.4, -0.2) is 26.8 Å². The summed E-state index contributed by atoms with van der Waals surface area (Å²) >= 11 is 12.2. The summed E-state index contributed by atoms with van der Waals surface area (Å²) in [6, 6.07) is 16.3. The number of anilines is 2. The van der Waals surface area contributed by atoms with E-state index in [-0.39, 0.29) is 23.2 Å². The summed E-state index contributed by atoms with van der Waals surface area (Å²) in [5, 5.41) is 0.744. The topological polar surface area (TPSA) is 158 Å². The largest absolute Gasteiger partial charge is 0.383 e. The van der Waals surface area contributed by atoms with Gasteiger partial charge >= 0.3 is 10.2 Å². The van der Waals surface area contributed by atoms with Gasteiger partial charge in [0.05, 0.1) is 25.5 Å². The molecule has 14 heteroatoms. The fourth-order valence-corrected chi connectivity index (χ4v) is 5.85. The zero-order valence-electron chi connectivity index (χ0n) is 20.1. The van der Waals surface area contributed by atoms with Gasteiger partial charge in [-0.1, -0.05) is 59.6 Å². The Labute approximate surface area is 235 Å². The number of aromatic nitrogens is 2. The average molecular weight is 611 g/mol. The van der Waals surface area contributed by atoms with E-state index in [2.05, 4.69) is 14.7 Å². The summed E-state index contributed by atoms with van der Waals surface area (Å²) < 4.78 is 63.4. The van der Waals surface area contributed by atoms with Crippen molar-refractivity contribution in [2.24, 2.45) is 0 Å². The van der Waals surface area contributed by atoms with Crippen LogP contribution in [0.4, 0.5) is 15.7 Å². The maximum absolute atomic E-state index is 13.3. The van der Waals surface area contributed by atoms with E-state index in [0.29, 0.717) is 45.3 Å². The van der Waals surface area contributed by atoms with E-state index in [1.165, 1.54) is 6.07 Å². The van der Waals surface area contributed by atoms with Gasteiger partial charge in [0.25, 0.3) is 0 Å². The van der Waals surface area contributed by atoms with Crippen molar-refractivity contribution in [3.05, 3.63) is 93.6 Å². The monoisotopic (exact) mass is 609 g/mol. The van der Waals surface area contributed by atoms with Crippen LogP contribution in [0.2, 0.25) is 10.0 Å².